The quantitative estimate of drug-likeness (QED) is 0.644. The molecule has 2 N–H and O–H groups in total. The molecule has 1 fully saturated rings. The first-order chi connectivity index (χ1) is 4.71. The number of rotatable bonds is 1. The Morgan fingerprint density at radius 3 is 2.09 bits per heavy atom. The fourth-order valence-corrected chi connectivity index (χ4v) is 1.39. The van der Waals surface area contributed by atoms with Crippen LogP contribution in [0.1, 0.15) is 25.7 Å². The summed E-state index contributed by atoms with van der Waals surface area (Å²) in [6.07, 6.45) is 3.21. The Kier molecular flexibility index (Phi) is 3.34. The van der Waals surface area contributed by atoms with Crippen molar-refractivity contribution in [2.75, 3.05) is 0 Å². The number of carbonyl (C=O) groups excluding carboxylic acids is 1. The first-order valence-electron chi connectivity index (χ1n) is 3.42. The number of amides is 1. The molecule has 0 aliphatic heterocycles. The van der Waals surface area contributed by atoms with E-state index in [1.807, 2.05) is 6.07 Å². The van der Waals surface area contributed by atoms with Crippen molar-refractivity contribution in [2.24, 2.45) is 11.1 Å². The van der Waals surface area contributed by atoms with E-state index in [4.69, 9.17) is 11.0 Å². The molecule has 0 aromatic heterocycles. The molecule has 0 aromatic carbocycles. The number of nitriles is 1. The van der Waals surface area contributed by atoms with Gasteiger partial charge in [-0.25, -0.2) is 0 Å². The zero-order chi connectivity index (χ0) is 7.61. The predicted octanol–water partition coefficient (Wildman–Crippen LogP) is 0.977. The summed E-state index contributed by atoms with van der Waals surface area (Å²) >= 11 is 0. The summed E-state index contributed by atoms with van der Waals surface area (Å²) < 4.78 is 0. The van der Waals surface area contributed by atoms with Crippen LogP contribution in [-0.4, -0.2) is 5.91 Å². The highest BCUT2D eigenvalue weighted by Crippen LogP contribution is 2.36. The molecular formula is C7H11ClN2O. The second kappa shape index (κ2) is 3.59. The molecule has 62 valence electrons. The van der Waals surface area contributed by atoms with Crippen LogP contribution in [0.3, 0.4) is 0 Å². The highest BCUT2D eigenvalue weighted by Gasteiger charge is 2.39. The van der Waals surface area contributed by atoms with Crippen LogP contribution in [0.25, 0.3) is 0 Å². The maximum absolute atomic E-state index is 10.8. The number of hydrogen-bond acceptors (Lipinski definition) is 2. The summed E-state index contributed by atoms with van der Waals surface area (Å²) in [6.45, 7) is 0. The molecule has 1 aliphatic rings. The van der Waals surface area contributed by atoms with E-state index < -0.39 is 11.3 Å². The second-order valence-corrected chi connectivity index (χ2v) is 2.77. The molecule has 1 amide bonds. The lowest BCUT2D eigenvalue weighted by molar-refractivity contribution is -0.124. The van der Waals surface area contributed by atoms with Crippen LogP contribution in [0, 0.1) is 16.7 Å². The molecule has 1 rings (SSSR count). The lowest BCUT2D eigenvalue weighted by Crippen LogP contribution is -2.32. The van der Waals surface area contributed by atoms with E-state index in [1.54, 1.807) is 0 Å². The van der Waals surface area contributed by atoms with Crippen LogP contribution >= 0.6 is 12.4 Å². The summed E-state index contributed by atoms with van der Waals surface area (Å²) in [4.78, 5) is 10.8. The number of halogens is 1. The standard InChI is InChI=1S/C7H10N2O.ClH/c8-5-7(6(9)10)3-1-2-4-7;/h1-4H2,(H2,9,10);1H. The number of primary amides is 1. The van der Waals surface area contributed by atoms with Crippen molar-refractivity contribution >= 4 is 18.3 Å². The maximum Gasteiger partial charge on any atom is 0.237 e. The Morgan fingerprint density at radius 1 is 1.45 bits per heavy atom. The number of nitrogens with zero attached hydrogens (tertiary/aromatic N) is 1. The smallest absolute Gasteiger partial charge is 0.237 e. The summed E-state index contributed by atoms with van der Waals surface area (Å²) in [6, 6.07) is 2.00. The fourth-order valence-electron chi connectivity index (χ4n) is 1.39. The molecule has 0 saturated heterocycles. The zero-order valence-electron chi connectivity index (χ0n) is 6.17. The van der Waals surface area contributed by atoms with Crippen LogP contribution < -0.4 is 5.73 Å². The topological polar surface area (TPSA) is 66.9 Å². The monoisotopic (exact) mass is 174 g/mol. The molecule has 1 aliphatic carbocycles. The molecule has 1 saturated carbocycles. The van der Waals surface area contributed by atoms with Crippen LogP contribution in [-0.2, 0) is 4.79 Å². The normalized spacial score (nSPS) is 19.9. The third-order valence-corrected chi connectivity index (χ3v) is 2.14. The lowest BCUT2D eigenvalue weighted by atomic mass is 9.87. The molecule has 4 heteroatoms. The van der Waals surface area contributed by atoms with E-state index in [0.717, 1.165) is 12.8 Å². The SMILES string of the molecule is Cl.N#CC1(C(N)=O)CCCC1. The Labute approximate surface area is 72.0 Å². The van der Waals surface area contributed by atoms with Crippen LogP contribution in [0.15, 0.2) is 0 Å². The Hall–Kier alpha value is -0.750. The van der Waals surface area contributed by atoms with Crippen LogP contribution in [0.4, 0.5) is 0 Å². The van der Waals surface area contributed by atoms with E-state index in [1.165, 1.54) is 0 Å². The van der Waals surface area contributed by atoms with Gasteiger partial charge in [0.25, 0.3) is 0 Å². The van der Waals surface area contributed by atoms with E-state index in [9.17, 15) is 4.79 Å². The van der Waals surface area contributed by atoms with E-state index in [2.05, 4.69) is 0 Å². The highest BCUT2D eigenvalue weighted by molar-refractivity contribution is 5.85. The predicted molar refractivity (Wildman–Crippen MR) is 43.0 cm³/mol. The van der Waals surface area contributed by atoms with Gasteiger partial charge in [-0.15, -0.1) is 12.4 Å². The van der Waals surface area contributed by atoms with Gasteiger partial charge < -0.3 is 5.73 Å². The van der Waals surface area contributed by atoms with Crippen molar-refractivity contribution in [3.8, 4) is 6.07 Å². The number of nitrogens with two attached hydrogens (primary N) is 1. The molecule has 0 heterocycles. The van der Waals surface area contributed by atoms with Crippen molar-refractivity contribution < 1.29 is 4.79 Å². The van der Waals surface area contributed by atoms with Crippen molar-refractivity contribution in [1.82, 2.24) is 0 Å². The van der Waals surface area contributed by atoms with Gasteiger partial charge >= 0.3 is 0 Å². The number of carbonyl (C=O) groups is 1. The number of hydrogen-bond donors (Lipinski definition) is 1. The fraction of sp³-hybridized carbons (Fsp3) is 0.714. The zero-order valence-corrected chi connectivity index (χ0v) is 6.99. The molecule has 11 heavy (non-hydrogen) atoms. The minimum atomic E-state index is -0.819. The van der Waals surface area contributed by atoms with E-state index >= 15 is 0 Å². The van der Waals surface area contributed by atoms with Crippen molar-refractivity contribution in [3.63, 3.8) is 0 Å². The molecule has 0 unspecified atom stereocenters. The summed E-state index contributed by atoms with van der Waals surface area (Å²) in [5.41, 5.74) is 4.26. The Balaban J connectivity index is 0.000001000. The van der Waals surface area contributed by atoms with Crippen LogP contribution in [0.2, 0.25) is 0 Å². The van der Waals surface area contributed by atoms with Gasteiger partial charge in [-0.05, 0) is 12.8 Å². The maximum atomic E-state index is 10.8. The van der Waals surface area contributed by atoms with Gasteiger partial charge in [0.2, 0.25) is 5.91 Å². The minimum Gasteiger partial charge on any atom is -0.368 e. The van der Waals surface area contributed by atoms with Gasteiger partial charge in [0.05, 0.1) is 6.07 Å². The highest BCUT2D eigenvalue weighted by atomic mass is 35.5. The first kappa shape index (κ1) is 10.2. The summed E-state index contributed by atoms with van der Waals surface area (Å²) in [7, 11) is 0. The van der Waals surface area contributed by atoms with Gasteiger partial charge in [0.1, 0.15) is 5.41 Å². The molecule has 0 spiro atoms. The second-order valence-electron chi connectivity index (χ2n) is 2.77. The van der Waals surface area contributed by atoms with Crippen LogP contribution in [0.5, 0.6) is 0 Å². The third kappa shape index (κ3) is 1.63. The van der Waals surface area contributed by atoms with E-state index in [0.29, 0.717) is 12.8 Å². The van der Waals surface area contributed by atoms with Crippen molar-refractivity contribution in [3.05, 3.63) is 0 Å². The molecular weight excluding hydrogens is 164 g/mol. The average Bonchev–Trinajstić information content (AvgIpc) is 2.35. The Bertz CT molecular complexity index is 191. The lowest BCUT2D eigenvalue weighted by Gasteiger charge is -2.13. The molecule has 0 atom stereocenters. The van der Waals surface area contributed by atoms with Crippen molar-refractivity contribution in [1.29, 1.82) is 5.26 Å². The van der Waals surface area contributed by atoms with Gasteiger partial charge in [-0.2, -0.15) is 5.26 Å². The van der Waals surface area contributed by atoms with Gasteiger partial charge in [-0.3, -0.25) is 4.79 Å². The molecule has 0 aromatic rings. The van der Waals surface area contributed by atoms with Crippen molar-refractivity contribution in [2.45, 2.75) is 25.7 Å². The van der Waals surface area contributed by atoms with E-state index in [-0.39, 0.29) is 12.4 Å². The average molecular weight is 175 g/mol. The molecule has 0 radical (unpaired) electrons. The molecule has 3 nitrogen and oxygen atoms in total. The minimum absolute atomic E-state index is 0. The van der Waals surface area contributed by atoms with Gasteiger partial charge in [-0.1, -0.05) is 12.8 Å². The summed E-state index contributed by atoms with van der Waals surface area (Å²) in [5.74, 6) is -0.451. The largest absolute Gasteiger partial charge is 0.368 e. The van der Waals surface area contributed by atoms with Gasteiger partial charge in [0.15, 0.2) is 0 Å². The first-order valence-corrected chi connectivity index (χ1v) is 3.42. The van der Waals surface area contributed by atoms with Gasteiger partial charge in [0, 0.05) is 0 Å². The Morgan fingerprint density at radius 2 is 1.91 bits per heavy atom. The third-order valence-electron chi connectivity index (χ3n) is 2.14. The molecule has 0 bridgehead atoms. The summed E-state index contributed by atoms with van der Waals surface area (Å²) in [5, 5.41) is 8.64.